The van der Waals surface area contributed by atoms with E-state index in [0.29, 0.717) is 0 Å². The maximum atomic E-state index is 9.84. The van der Waals surface area contributed by atoms with E-state index in [0.717, 1.165) is 52.1 Å². The van der Waals surface area contributed by atoms with Crippen LogP contribution in [0.2, 0.25) is 0 Å². The van der Waals surface area contributed by atoms with E-state index in [-0.39, 0.29) is 36.3 Å². The molecule has 0 unspecified atom stereocenters. The molecule has 0 N–H and O–H groups in total. The number of ether oxygens (including phenoxy) is 2. The Balaban J connectivity index is -0.000000218. The van der Waals surface area contributed by atoms with Crippen molar-refractivity contribution in [1.29, 1.82) is 0 Å². The predicted octanol–water partition coefficient (Wildman–Crippen LogP) is -0.0540. The summed E-state index contributed by atoms with van der Waals surface area (Å²) >= 11 is 0. The Kier molecular flexibility index (Phi) is 34.1. The van der Waals surface area contributed by atoms with Crippen molar-refractivity contribution < 1.29 is 19.7 Å². The van der Waals surface area contributed by atoms with Gasteiger partial charge in [0.15, 0.2) is 0 Å². The average Bonchev–Trinajstić information content (AvgIpc) is 2.31. The molecule has 0 spiro atoms. The maximum Gasteiger partial charge on any atom is 2.00 e. The van der Waals surface area contributed by atoms with Crippen LogP contribution in [-0.4, -0.2) is 62.7 Å². The Labute approximate surface area is 122 Å². The number of rotatable bonds is 10. The quantitative estimate of drug-likeness (QED) is 0.407. The smallest absolute Gasteiger partial charge is 0.854 e. The Hall–Kier alpha value is 0.606. The van der Waals surface area contributed by atoms with Crippen LogP contribution in [0, 0.1) is 0 Å². The van der Waals surface area contributed by atoms with Gasteiger partial charge in [-0.05, 0) is 26.7 Å². The largest absolute Gasteiger partial charge is 2.00 e. The monoisotopic (exact) mass is 258 g/mol. The zero-order valence-electron chi connectivity index (χ0n) is 11.4. The summed E-state index contributed by atoms with van der Waals surface area (Å²) in [6.07, 6.45) is 3.33. The van der Waals surface area contributed by atoms with E-state index in [1.165, 1.54) is 0 Å². The topological polar surface area (TPSA) is 64.6 Å². The summed E-state index contributed by atoms with van der Waals surface area (Å²) in [7, 11) is 0. The SMILES string of the molecule is CCOCCCC[O-].CCOCCCC[O-].[Mg+2]. The molecule has 0 aromatic heterocycles. The molecule has 17 heavy (non-hydrogen) atoms. The molecule has 0 heterocycles. The van der Waals surface area contributed by atoms with Gasteiger partial charge in [-0.1, -0.05) is 12.8 Å². The molecule has 4 nitrogen and oxygen atoms in total. The van der Waals surface area contributed by atoms with Gasteiger partial charge in [0.25, 0.3) is 0 Å². The van der Waals surface area contributed by atoms with E-state index in [1.807, 2.05) is 13.8 Å². The van der Waals surface area contributed by atoms with Crippen LogP contribution < -0.4 is 10.2 Å². The second kappa shape index (κ2) is 25.5. The molecule has 5 heteroatoms. The van der Waals surface area contributed by atoms with E-state index in [1.54, 1.807) is 0 Å². The summed E-state index contributed by atoms with van der Waals surface area (Å²) in [4.78, 5) is 0. The first kappa shape index (κ1) is 22.8. The molecular weight excluding hydrogens is 232 g/mol. The first-order valence-electron chi connectivity index (χ1n) is 6.15. The molecule has 100 valence electrons. The molecule has 0 amide bonds. The Morgan fingerprint density at radius 3 is 1.29 bits per heavy atom. The van der Waals surface area contributed by atoms with Crippen LogP contribution in [0.5, 0.6) is 0 Å². The molecular formula is C12H26MgO4. The zero-order chi connectivity index (χ0) is 12.5. The van der Waals surface area contributed by atoms with E-state index < -0.39 is 0 Å². The van der Waals surface area contributed by atoms with Crippen molar-refractivity contribution in [2.75, 3.05) is 39.6 Å². The second-order valence-electron chi connectivity index (χ2n) is 3.22. The summed E-state index contributed by atoms with van der Waals surface area (Å²) in [5.41, 5.74) is 0. The summed E-state index contributed by atoms with van der Waals surface area (Å²) in [6, 6.07) is 0. The van der Waals surface area contributed by atoms with Crippen molar-refractivity contribution >= 4 is 23.1 Å². The molecule has 0 aromatic rings. The van der Waals surface area contributed by atoms with Crippen molar-refractivity contribution in [3.8, 4) is 0 Å². The Bertz CT molecular complexity index is 80.5. The number of hydrogen-bond donors (Lipinski definition) is 0. The van der Waals surface area contributed by atoms with Crippen LogP contribution in [0.4, 0.5) is 0 Å². The van der Waals surface area contributed by atoms with Gasteiger partial charge in [0.05, 0.1) is 0 Å². The number of unbranched alkanes of at least 4 members (excludes halogenated alkanes) is 2. The molecule has 0 aliphatic heterocycles. The van der Waals surface area contributed by atoms with Crippen molar-refractivity contribution in [3.63, 3.8) is 0 Å². The van der Waals surface area contributed by atoms with Crippen molar-refractivity contribution in [2.24, 2.45) is 0 Å². The van der Waals surface area contributed by atoms with Crippen molar-refractivity contribution in [1.82, 2.24) is 0 Å². The molecule has 0 aliphatic carbocycles. The Morgan fingerprint density at radius 1 is 0.706 bits per heavy atom. The number of hydrogen-bond acceptors (Lipinski definition) is 4. The van der Waals surface area contributed by atoms with Gasteiger partial charge in [-0.25, -0.2) is 0 Å². The molecule has 0 rings (SSSR count). The fourth-order valence-electron chi connectivity index (χ4n) is 0.901. The van der Waals surface area contributed by atoms with Crippen LogP contribution in [0.25, 0.3) is 0 Å². The molecule has 0 bridgehead atoms. The van der Waals surface area contributed by atoms with E-state index in [9.17, 15) is 10.2 Å². The van der Waals surface area contributed by atoms with E-state index in [2.05, 4.69) is 0 Å². The third-order valence-electron chi connectivity index (χ3n) is 1.77. The van der Waals surface area contributed by atoms with Crippen LogP contribution in [-0.2, 0) is 9.47 Å². The third-order valence-corrected chi connectivity index (χ3v) is 1.77. The molecule has 0 saturated carbocycles. The van der Waals surface area contributed by atoms with Gasteiger partial charge < -0.3 is 19.7 Å². The summed E-state index contributed by atoms with van der Waals surface area (Å²) < 4.78 is 9.99. The molecule has 0 aromatic carbocycles. The minimum atomic E-state index is 0. The maximum absolute atomic E-state index is 9.84. The minimum Gasteiger partial charge on any atom is -0.854 e. The fourth-order valence-corrected chi connectivity index (χ4v) is 0.901. The molecule has 0 fully saturated rings. The fraction of sp³-hybridized carbons (Fsp3) is 1.00. The standard InChI is InChI=1S/2C6H13O2.Mg/c2*1-2-8-6-4-3-5-7;/h2*2-6H2,1H3;/q2*-1;+2. The van der Waals surface area contributed by atoms with Crippen molar-refractivity contribution in [2.45, 2.75) is 39.5 Å². The summed E-state index contributed by atoms with van der Waals surface area (Å²) in [5, 5.41) is 19.7. The van der Waals surface area contributed by atoms with Crippen LogP contribution >= 0.6 is 0 Å². The van der Waals surface area contributed by atoms with Gasteiger partial charge in [0.2, 0.25) is 0 Å². The third kappa shape index (κ3) is 31.5. The van der Waals surface area contributed by atoms with Gasteiger partial charge in [-0.3, -0.25) is 0 Å². The predicted molar refractivity (Wildman–Crippen MR) is 66.9 cm³/mol. The molecule has 0 radical (unpaired) electrons. The Morgan fingerprint density at radius 2 is 1.06 bits per heavy atom. The molecule has 0 atom stereocenters. The van der Waals surface area contributed by atoms with Gasteiger partial charge in [0, 0.05) is 26.4 Å². The summed E-state index contributed by atoms with van der Waals surface area (Å²) in [5.74, 6) is 0. The van der Waals surface area contributed by atoms with Crippen LogP contribution in [0.1, 0.15) is 39.5 Å². The van der Waals surface area contributed by atoms with Gasteiger partial charge in [0.1, 0.15) is 0 Å². The van der Waals surface area contributed by atoms with E-state index >= 15 is 0 Å². The van der Waals surface area contributed by atoms with Gasteiger partial charge >= 0.3 is 23.1 Å². The van der Waals surface area contributed by atoms with Crippen molar-refractivity contribution in [3.05, 3.63) is 0 Å². The molecule has 0 saturated heterocycles. The van der Waals surface area contributed by atoms with Gasteiger partial charge in [-0.2, -0.15) is 0 Å². The molecule has 0 aliphatic rings. The second-order valence-corrected chi connectivity index (χ2v) is 3.22. The van der Waals surface area contributed by atoms with E-state index in [4.69, 9.17) is 9.47 Å². The van der Waals surface area contributed by atoms with Gasteiger partial charge in [-0.15, -0.1) is 13.2 Å². The first-order chi connectivity index (χ1) is 7.83. The zero-order valence-corrected chi connectivity index (χ0v) is 12.8. The average molecular weight is 259 g/mol. The van der Waals surface area contributed by atoms with Crippen LogP contribution in [0.3, 0.4) is 0 Å². The summed E-state index contributed by atoms with van der Waals surface area (Å²) in [6.45, 7) is 7.00. The normalized spacial score (nSPS) is 9.18. The first-order valence-corrected chi connectivity index (χ1v) is 6.15. The minimum absolute atomic E-state index is 0. The van der Waals surface area contributed by atoms with Crippen LogP contribution in [0.15, 0.2) is 0 Å².